The van der Waals surface area contributed by atoms with Crippen LogP contribution in [0.2, 0.25) is 0 Å². The second kappa shape index (κ2) is 3.53. The first-order chi connectivity index (χ1) is 7.20. The number of carboxylic acid groups (broad SMARTS) is 1. The van der Waals surface area contributed by atoms with Gasteiger partial charge in [-0.25, -0.2) is 0 Å². The first kappa shape index (κ1) is 9.39. The maximum atomic E-state index is 10.8. The van der Waals surface area contributed by atoms with Crippen LogP contribution < -0.4 is 5.11 Å². The molecule has 0 bridgehead atoms. The molecule has 0 saturated heterocycles. The van der Waals surface area contributed by atoms with E-state index in [0.717, 1.165) is 0 Å². The Hall–Kier alpha value is -2.17. The smallest absolute Gasteiger partial charge is 0.143 e. The molecule has 0 saturated carbocycles. The van der Waals surface area contributed by atoms with Crippen LogP contribution in [0.1, 0.15) is 16.1 Å². The Morgan fingerprint density at radius 1 is 1.53 bits per heavy atom. The fourth-order valence-corrected chi connectivity index (χ4v) is 1.31. The Bertz CT molecular complexity index is 491. The van der Waals surface area contributed by atoms with Crippen molar-refractivity contribution in [3.63, 3.8) is 0 Å². The van der Waals surface area contributed by atoms with Gasteiger partial charge < -0.3 is 14.4 Å². The lowest BCUT2D eigenvalue weighted by Gasteiger charge is -2.01. The van der Waals surface area contributed by atoms with Crippen molar-refractivity contribution in [3.8, 4) is 11.3 Å². The first-order valence-electron chi connectivity index (χ1n) is 4.28. The molecule has 2 rings (SSSR count). The highest BCUT2D eigenvalue weighted by atomic mass is 16.5. The van der Waals surface area contributed by atoms with Gasteiger partial charge in [-0.3, -0.25) is 4.98 Å². The molecule has 0 radical (unpaired) electrons. The molecule has 0 aliphatic carbocycles. The van der Waals surface area contributed by atoms with E-state index in [-0.39, 0.29) is 17.0 Å². The number of rotatable bonds is 2. The van der Waals surface area contributed by atoms with Crippen LogP contribution in [0, 0.1) is 6.92 Å². The van der Waals surface area contributed by atoms with Crippen LogP contribution in [-0.2, 0) is 0 Å². The molecule has 76 valence electrons. The average Bonchev–Trinajstić information content (AvgIpc) is 2.61. The van der Waals surface area contributed by atoms with E-state index in [9.17, 15) is 9.90 Å². The number of aryl methyl sites for hydroxylation is 1. The van der Waals surface area contributed by atoms with Gasteiger partial charge in [0, 0.05) is 18.0 Å². The van der Waals surface area contributed by atoms with Crippen molar-refractivity contribution < 1.29 is 14.4 Å². The van der Waals surface area contributed by atoms with Crippen LogP contribution in [0.5, 0.6) is 0 Å². The average molecular weight is 203 g/mol. The van der Waals surface area contributed by atoms with E-state index in [2.05, 4.69) is 10.1 Å². The van der Waals surface area contributed by atoms with Gasteiger partial charge in [-0.15, -0.1) is 0 Å². The van der Waals surface area contributed by atoms with Crippen molar-refractivity contribution in [1.29, 1.82) is 0 Å². The summed E-state index contributed by atoms with van der Waals surface area (Å²) in [6, 6.07) is 3.40. The van der Waals surface area contributed by atoms with Crippen molar-refractivity contribution in [1.82, 2.24) is 10.1 Å². The molecular formula is C10H7N2O3-. The van der Waals surface area contributed by atoms with E-state index in [4.69, 9.17) is 4.52 Å². The number of carbonyl (C=O) groups excluding carboxylic acids is 1. The van der Waals surface area contributed by atoms with Crippen molar-refractivity contribution in [2.45, 2.75) is 6.92 Å². The van der Waals surface area contributed by atoms with E-state index in [1.165, 1.54) is 13.1 Å². The largest absolute Gasteiger partial charge is 0.545 e. The second-order valence-electron chi connectivity index (χ2n) is 2.99. The lowest BCUT2D eigenvalue weighted by molar-refractivity contribution is -0.255. The highest BCUT2D eigenvalue weighted by molar-refractivity contribution is 5.94. The van der Waals surface area contributed by atoms with Crippen LogP contribution in [0.4, 0.5) is 0 Å². The molecule has 0 amide bonds. The molecule has 5 heteroatoms. The topological polar surface area (TPSA) is 79.0 Å². The summed E-state index contributed by atoms with van der Waals surface area (Å²) in [4.78, 5) is 14.7. The van der Waals surface area contributed by atoms with E-state index in [1.54, 1.807) is 18.3 Å². The molecular weight excluding hydrogens is 196 g/mol. The van der Waals surface area contributed by atoms with Crippen molar-refractivity contribution in [3.05, 3.63) is 35.9 Å². The predicted molar refractivity (Wildman–Crippen MR) is 48.8 cm³/mol. The highest BCUT2D eigenvalue weighted by Crippen LogP contribution is 2.23. The maximum absolute atomic E-state index is 10.8. The lowest BCUT2D eigenvalue weighted by Crippen LogP contribution is -2.23. The molecule has 0 aromatic carbocycles. The number of pyridine rings is 1. The number of carboxylic acids is 1. The zero-order valence-electron chi connectivity index (χ0n) is 7.93. The summed E-state index contributed by atoms with van der Waals surface area (Å²) >= 11 is 0. The number of hydrogen-bond donors (Lipinski definition) is 0. The zero-order chi connectivity index (χ0) is 10.8. The molecule has 0 N–H and O–H groups in total. The minimum absolute atomic E-state index is 0.0250. The van der Waals surface area contributed by atoms with Gasteiger partial charge in [-0.05, 0) is 19.1 Å². The van der Waals surface area contributed by atoms with E-state index in [0.29, 0.717) is 5.56 Å². The summed E-state index contributed by atoms with van der Waals surface area (Å²) in [5, 5.41) is 14.5. The summed E-state index contributed by atoms with van der Waals surface area (Å²) < 4.78 is 4.81. The minimum atomic E-state index is -1.30. The summed E-state index contributed by atoms with van der Waals surface area (Å²) in [5.74, 6) is -1.07. The third-order valence-corrected chi connectivity index (χ3v) is 2.00. The van der Waals surface area contributed by atoms with Crippen LogP contribution in [-0.4, -0.2) is 16.1 Å². The standard InChI is InChI=1S/C10H8N2O3/c1-6-8(10(13)14)9(12-15-6)7-3-2-4-11-5-7/h2-5H,1H3,(H,13,14)/p-1. The van der Waals surface area contributed by atoms with E-state index < -0.39 is 5.97 Å². The Balaban J connectivity index is 2.59. The Morgan fingerprint density at radius 2 is 2.33 bits per heavy atom. The number of aromatic carboxylic acids is 1. The summed E-state index contributed by atoms with van der Waals surface area (Å²) in [7, 11) is 0. The van der Waals surface area contributed by atoms with Crippen molar-refractivity contribution >= 4 is 5.97 Å². The normalized spacial score (nSPS) is 10.2. The van der Waals surface area contributed by atoms with Gasteiger partial charge in [0.2, 0.25) is 0 Å². The highest BCUT2D eigenvalue weighted by Gasteiger charge is 2.15. The first-order valence-corrected chi connectivity index (χ1v) is 4.28. The molecule has 5 nitrogen and oxygen atoms in total. The van der Waals surface area contributed by atoms with E-state index >= 15 is 0 Å². The van der Waals surface area contributed by atoms with Gasteiger partial charge in [0.1, 0.15) is 11.5 Å². The zero-order valence-corrected chi connectivity index (χ0v) is 7.93. The van der Waals surface area contributed by atoms with E-state index in [1.807, 2.05) is 0 Å². The Morgan fingerprint density at radius 3 is 2.93 bits per heavy atom. The Kier molecular flexibility index (Phi) is 2.21. The van der Waals surface area contributed by atoms with Crippen LogP contribution in [0.25, 0.3) is 11.3 Å². The molecule has 0 fully saturated rings. The molecule has 0 atom stereocenters. The van der Waals surface area contributed by atoms with Gasteiger partial charge in [0.05, 0.1) is 11.5 Å². The molecule has 0 unspecified atom stereocenters. The Labute approximate surface area is 85.4 Å². The monoisotopic (exact) mass is 203 g/mol. The quantitative estimate of drug-likeness (QED) is 0.706. The fourth-order valence-electron chi connectivity index (χ4n) is 1.31. The summed E-state index contributed by atoms with van der Waals surface area (Å²) in [6.45, 7) is 1.53. The summed E-state index contributed by atoms with van der Waals surface area (Å²) in [5.41, 5.74) is 0.817. The predicted octanol–water partition coefficient (Wildman–Crippen LogP) is 0.409. The SMILES string of the molecule is Cc1onc(-c2cccnc2)c1C(=O)[O-]. The summed E-state index contributed by atoms with van der Waals surface area (Å²) in [6.07, 6.45) is 3.11. The van der Waals surface area contributed by atoms with Gasteiger partial charge in [-0.2, -0.15) is 0 Å². The number of nitrogens with zero attached hydrogens (tertiary/aromatic N) is 2. The second-order valence-corrected chi connectivity index (χ2v) is 2.99. The van der Waals surface area contributed by atoms with Crippen LogP contribution in [0.15, 0.2) is 29.0 Å². The van der Waals surface area contributed by atoms with Gasteiger partial charge in [-0.1, -0.05) is 5.16 Å². The van der Waals surface area contributed by atoms with Gasteiger partial charge >= 0.3 is 0 Å². The fraction of sp³-hybridized carbons (Fsp3) is 0.100. The number of hydrogen-bond acceptors (Lipinski definition) is 5. The van der Waals surface area contributed by atoms with Crippen LogP contribution >= 0.6 is 0 Å². The molecule has 2 aromatic heterocycles. The molecule has 0 aliphatic heterocycles. The molecule has 0 spiro atoms. The van der Waals surface area contributed by atoms with Crippen molar-refractivity contribution in [2.24, 2.45) is 0 Å². The lowest BCUT2D eigenvalue weighted by atomic mass is 10.1. The van der Waals surface area contributed by atoms with Crippen LogP contribution in [0.3, 0.4) is 0 Å². The number of carbonyl (C=O) groups is 1. The van der Waals surface area contributed by atoms with Crippen molar-refractivity contribution in [2.75, 3.05) is 0 Å². The molecule has 2 heterocycles. The van der Waals surface area contributed by atoms with Gasteiger partial charge in [0.25, 0.3) is 0 Å². The van der Waals surface area contributed by atoms with Gasteiger partial charge in [0.15, 0.2) is 0 Å². The maximum Gasteiger partial charge on any atom is 0.143 e. The number of aromatic nitrogens is 2. The third-order valence-electron chi connectivity index (χ3n) is 2.00. The molecule has 0 aliphatic rings. The third kappa shape index (κ3) is 1.59. The molecule has 2 aromatic rings. The molecule has 15 heavy (non-hydrogen) atoms. The minimum Gasteiger partial charge on any atom is -0.545 e.